The van der Waals surface area contributed by atoms with E-state index >= 15 is 0 Å². The third-order valence-corrected chi connectivity index (χ3v) is 4.38. The molecule has 1 unspecified atom stereocenters. The Labute approximate surface area is 131 Å². The lowest BCUT2D eigenvalue weighted by atomic mass is 9.89. The molecule has 1 aliphatic carbocycles. The molecule has 1 aliphatic rings. The number of carbonyl (C=O) groups excluding carboxylic acids is 1. The number of nitrogens with one attached hydrogen (secondary N) is 1. The van der Waals surface area contributed by atoms with Gasteiger partial charge in [-0.2, -0.15) is 5.10 Å². The van der Waals surface area contributed by atoms with E-state index in [1.54, 1.807) is 10.9 Å². The summed E-state index contributed by atoms with van der Waals surface area (Å²) >= 11 is 0. The quantitative estimate of drug-likeness (QED) is 0.922. The molecular formula is C18H23N3O. The Kier molecular flexibility index (Phi) is 4.56. The largest absolute Gasteiger partial charge is 0.350 e. The van der Waals surface area contributed by atoms with Crippen LogP contribution in [-0.4, -0.2) is 15.7 Å². The molecule has 0 spiro atoms. The van der Waals surface area contributed by atoms with Gasteiger partial charge in [0, 0.05) is 25.4 Å². The van der Waals surface area contributed by atoms with E-state index in [4.69, 9.17) is 0 Å². The zero-order valence-electron chi connectivity index (χ0n) is 13.1. The summed E-state index contributed by atoms with van der Waals surface area (Å²) in [7, 11) is 0. The highest BCUT2D eigenvalue weighted by Crippen LogP contribution is 2.24. The molecule has 0 aliphatic heterocycles. The van der Waals surface area contributed by atoms with Gasteiger partial charge in [0.25, 0.3) is 0 Å². The Balaban J connectivity index is 1.56. The predicted octanol–water partition coefficient (Wildman–Crippen LogP) is 3.03. The Morgan fingerprint density at radius 1 is 1.32 bits per heavy atom. The Bertz CT molecular complexity index is 634. The van der Waals surface area contributed by atoms with E-state index < -0.39 is 0 Å². The zero-order chi connectivity index (χ0) is 15.4. The van der Waals surface area contributed by atoms with Crippen LogP contribution in [0.1, 0.15) is 48.9 Å². The fraction of sp³-hybridized carbons (Fsp3) is 0.444. The minimum Gasteiger partial charge on any atom is -0.350 e. The lowest BCUT2D eigenvalue weighted by Gasteiger charge is -2.20. The third-order valence-electron chi connectivity index (χ3n) is 4.38. The Morgan fingerprint density at radius 2 is 2.14 bits per heavy atom. The Morgan fingerprint density at radius 3 is 2.91 bits per heavy atom. The first kappa shape index (κ1) is 14.8. The van der Waals surface area contributed by atoms with Gasteiger partial charge in [-0.1, -0.05) is 18.2 Å². The number of aryl methyl sites for hydroxylation is 3. The first-order chi connectivity index (χ1) is 10.7. The molecule has 0 radical (unpaired) electrons. The van der Waals surface area contributed by atoms with Gasteiger partial charge in [-0.3, -0.25) is 9.48 Å². The summed E-state index contributed by atoms with van der Waals surface area (Å²) < 4.78 is 1.78. The van der Waals surface area contributed by atoms with E-state index in [-0.39, 0.29) is 11.9 Å². The molecule has 1 heterocycles. The SMILES string of the molecule is CC(NC(=O)CCn1cccn1)c1ccc2c(c1)CCCC2. The first-order valence-corrected chi connectivity index (χ1v) is 8.11. The van der Waals surface area contributed by atoms with Crippen LogP contribution >= 0.6 is 0 Å². The van der Waals surface area contributed by atoms with Crippen molar-refractivity contribution in [1.82, 2.24) is 15.1 Å². The average molecular weight is 297 g/mol. The third kappa shape index (κ3) is 3.56. The number of amides is 1. The molecule has 0 saturated heterocycles. The number of aromatic nitrogens is 2. The summed E-state index contributed by atoms with van der Waals surface area (Å²) in [5.41, 5.74) is 4.14. The minimum absolute atomic E-state index is 0.0531. The van der Waals surface area contributed by atoms with Gasteiger partial charge in [-0.15, -0.1) is 0 Å². The van der Waals surface area contributed by atoms with Crippen molar-refractivity contribution in [3.8, 4) is 0 Å². The van der Waals surface area contributed by atoms with Crippen molar-refractivity contribution in [1.29, 1.82) is 0 Å². The number of rotatable bonds is 5. The number of benzene rings is 1. The van der Waals surface area contributed by atoms with Gasteiger partial charge in [-0.05, 0) is 55.4 Å². The Hall–Kier alpha value is -2.10. The molecule has 0 bridgehead atoms. The molecule has 116 valence electrons. The van der Waals surface area contributed by atoms with Crippen LogP contribution in [-0.2, 0) is 24.2 Å². The van der Waals surface area contributed by atoms with Gasteiger partial charge in [0.2, 0.25) is 5.91 Å². The minimum atomic E-state index is 0.0531. The van der Waals surface area contributed by atoms with Gasteiger partial charge < -0.3 is 5.32 Å². The maximum atomic E-state index is 12.1. The van der Waals surface area contributed by atoms with E-state index in [9.17, 15) is 4.79 Å². The van der Waals surface area contributed by atoms with E-state index in [1.165, 1.54) is 42.4 Å². The van der Waals surface area contributed by atoms with Crippen molar-refractivity contribution in [3.63, 3.8) is 0 Å². The van der Waals surface area contributed by atoms with Crippen LogP contribution in [0.4, 0.5) is 0 Å². The van der Waals surface area contributed by atoms with Crippen LogP contribution in [0.3, 0.4) is 0 Å². The highest BCUT2D eigenvalue weighted by Gasteiger charge is 2.14. The van der Waals surface area contributed by atoms with Gasteiger partial charge in [0.05, 0.1) is 6.04 Å². The van der Waals surface area contributed by atoms with E-state index in [1.807, 2.05) is 12.3 Å². The number of nitrogens with zero attached hydrogens (tertiary/aromatic N) is 2. The van der Waals surface area contributed by atoms with Crippen LogP contribution < -0.4 is 5.32 Å². The highest BCUT2D eigenvalue weighted by atomic mass is 16.1. The summed E-state index contributed by atoms with van der Waals surface area (Å²) in [6.45, 7) is 2.67. The van der Waals surface area contributed by atoms with Crippen molar-refractivity contribution in [3.05, 3.63) is 53.3 Å². The summed E-state index contributed by atoms with van der Waals surface area (Å²) in [5.74, 6) is 0.0701. The number of fused-ring (bicyclic) bond motifs is 1. The molecule has 0 saturated carbocycles. The lowest BCUT2D eigenvalue weighted by molar-refractivity contribution is -0.122. The second kappa shape index (κ2) is 6.77. The molecule has 1 atom stereocenters. The molecule has 4 heteroatoms. The van der Waals surface area contributed by atoms with E-state index in [2.05, 4.69) is 35.5 Å². The topological polar surface area (TPSA) is 46.9 Å². The van der Waals surface area contributed by atoms with Crippen molar-refractivity contribution in [2.45, 2.75) is 51.6 Å². The van der Waals surface area contributed by atoms with Gasteiger partial charge in [-0.25, -0.2) is 0 Å². The van der Waals surface area contributed by atoms with Crippen LogP contribution in [0.2, 0.25) is 0 Å². The van der Waals surface area contributed by atoms with E-state index in [0.717, 1.165) is 0 Å². The van der Waals surface area contributed by atoms with Gasteiger partial charge >= 0.3 is 0 Å². The summed E-state index contributed by atoms with van der Waals surface area (Å²) in [5, 5.41) is 7.20. The average Bonchev–Trinajstić information content (AvgIpc) is 3.06. The molecule has 22 heavy (non-hydrogen) atoms. The van der Waals surface area contributed by atoms with Crippen molar-refractivity contribution < 1.29 is 4.79 Å². The van der Waals surface area contributed by atoms with Gasteiger partial charge in [0.15, 0.2) is 0 Å². The smallest absolute Gasteiger partial charge is 0.222 e. The molecule has 1 aromatic heterocycles. The molecule has 0 fully saturated rings. The van der Waals surface area contributed by atoms with Crippen molar-refractivity contribution >= 4 is 5.91 Å². The number of hydrogen-bond donors (Lipinski definition) is 1. The second-order valence-corrected chi connectivity index (χ2v) is 6.04. The van der Waals surface area contributed by atoms with Crippen LogP contribution in [0, 0.1) is 0 Å². The monoisotopic (exact) mass is 297 g/mol. The van der Waals surface area contributed by atoms with Crippen molar-refractivity contribution in [2.24, 2.45) is 0 Å². The summed E-state index contributed by atoms with van der Waals surface area (Å²) in [4.78, 5) is 12.1. The molecule has 4 nitrogen and oxygen atoms in total. The molecule has 1 amide bonds. The fourth-order valence-electron chi connectivity index (χ4n) is 3.07. The maximum absolute atomic E-state index is 12.1. The number of carbonyl (C=O) groups is 1. The zero-order valence-corrected chi connectivity index (χ0v) is 13.1. The second-order valence-electron chi connectivity index (χ2n) is 6.04. The molecule has 2 aromatic rings. The lowest BCUT2D eigenvalue weighted by Crippen LogP contribution is -2.27. The predicted molar refractivity (Wildman–Crippen MR) is 86.5 cm³/mol. The van der Waals surface area contributed by atoms with Crippen LogP contribution in [0.25, 0.3) is 0 Å². The maximum Gasteiger partial charge on any atom is 0.222 e. The van der Waals surface area contributed by atoms with Gasteiger partial charge in [0.1, 0.15) is 0 Å². The highest BCUT2D eigenvalue weighted by molar-refractivity contribution is 5.76. The van der Waals surface area contributed by atoms with Crippen LogP contribution in [0.5, 0.6) is 0 Å². The first-order valence-electron chi connectivity index (χ1n) is 8.11. The molecule has 3 rings (SSSR count). The fourth-order valence-corrected chi connectivity index (χ4v) is 3.07. The van der Waals surface area contributed by atoms with E-state index in [0.29, 0.717) is 13.0 Å². The standard InChI is InChI=1S/C18H23N3O/c1-14(20-18(22)9-12-21-11-4-10-19-21)16-8-7-15-5-2-3-6-17(15)13-16/h4,7-8,10-11,13-14H,2-3,5-6,9,12H2,1H3,(H,20,22). The number of hydrogen-bond acceptors (Lipinski definition) is 2. The summed E-state index contributed by atoms with van der Waals surface area (Å²) in [6.07, 6.45) is 9.00. The molecular weight excluding hydrogens is 274 g/mol. The normalized spacial score (nSPS) is 15.1. The molecule has 1 aromatic carbocycles. The summed E-state index contributed by atoms with van der Waals surface area (Å²) in [6, 6.07) is 8.58. The van der Waals surface area contributed by atoms with Crippen LogP contribution in [0.15, 0.2) is 36.7 Å². The molecule has 1 N–H and O–H groups in total. The van der Waals surface area contributed by atoms with Crippen molar-refractivity contribution in [2.75, 3.05) is 0 Å².